The molecule has 0 fully saturated rings. The largest absolute Gasteiger partial charge is 0.448 e. The fourth-order valence-corrected chi connectivity index (χ4v) is 0.595. The number of esters is 2. The van der Waals surface area contributed by atoms with E-state index >= 15 is 0 Å². The Morgan fingerprint density at radius 3 is 2.00 bits per heavy atom. The number of carbonyl (C=O) groups is 2. The highest BCUT2D eigenvalue weighted by Crippen LogP contribution is 2.22. The Morgan fingerprint density at radius 1 is 1.18 bits per heavy atom. The van der Waals surface area contributed by atoms with Crippen molar-refractivity contribution in [3.63, 3.8) is 0 Å². The van der Waals surface area contributed by atoms with Crippen LogP contribution in [-0.2, 0) is 19.1 Å². The van der Waals surface area contributed by atoms with Crippen LogP contribution in [0.15, 0.2) is 0 Å². The summed E-state index contributed by atoms with van der Waals surface area (Å²) < 4.78 is 56.3. The number of halogens is 4. The van der Waals surface area contributed by atoms with Gasteiger partial charge in [-0.05, 0) is 20.8 Å². The Kier molecular flexibility index (Phi) is 4.91. The molecule has 0 amide bonds. The van der Waals surface area contributed by atoms with Crippen LogP contribution in [0.2, 0.25) is 0 Å². The minimum Gasteiger partial charge on any atom is -0.448 e. The summed E-state index contributed by atoms with van der Waals surface area (Å²) in [5.74, 6) is -3.47. The lowest BCUT2D eigenvalue weighted by molar-refractivity contribution is -0.220. The van der Waals surface area contributed by atoms with E-state index in [4.69, 9.17) is 0 Å². The van der Waals surface area contributed by atoms with Gasteiger partial charge in [-0.15, -0.1) is 0 Å². The first kappa shape index (κ1) is 15.7. The van der Waals surface area contributed by atoms with E-state index in [-0.39, 0.29) is 0 Å². The summed E-state index contributed by atoms with van der Waals surface area (Å²) >= 11 is 0. The number of hydrogen-bond acceptors (Lipinski definition) is 4. The first-order valence-corrected chi connectivity index (χ1v) is 4.56. The molecule has 4 nitrogen and oxygen atoms in total. The Hall–Kier alpha value is -1.34. The molecule has 0 spiro atoms. The summed E-state index contributed by atoms with van der Waals surface area (Å²) in [7, 11) is 0. The van der Waals surface area contributed by atoms with E-state index in [1.165, 1.54) is 0 Å². The van der Waals surface area contributed by atoms with Crippen LogP contribution in [0.3, 0.4) is 0 Å². The van der Waals surface area contributed by atoms with Crippen molar-refractivity contribution in [2.45, 2.75) is 38.7 Å². The molecule has 0 heterocycles. The van der Waals surface area contributed by atoms with Crippen molar-refractivity contribution in [1.82, 2.24) is 0 Å². The highest BCUT2D eigenvalue weighted by atomic mass is 19.4. The minimum absolute atomic E-state index is 0.561. The topological polar surface area (TPSA) is 52.6 Å². The van der Waals surface area contributed by atoms with Gasteiger partial charge < -0.3 is 9.47 Å². The molecule has 100 valence electrons. The van der Waals surface area contributed by atoms with Gasteiger partial charge in [0, 0.05) is 0 Å². The molecule has 17 heavy (non-hydrogen) atoms. The second-order valence-corrected chi connectivity index (χ2v) is 3.87. The summed E-state index contributed by atoms with van der Waals surface area (Å²) in [6.07, 6.45) is -7.21. The average molecular weight is 260 g/mol. The summed E-state index contributed by atoms with van der Waals surface area (Å²) in [5, 5.41) is 0. The summed E-state index contributed by atoms with van der Waals surface area (Å²) in [6, 6.07) is 0. The number of rotatable bonds is 3. The molecule has 0 saturated carbocycles. The first-order chi connectivity index (χ1) is 7.49. The Bertz CT molecular complexity index is 298. The maximum atomic E-state index is 12.2. The zero-order valence-corrected chi connectivity index (χ0v) is 9.43. The Morgan fingerprint density at radius 2 is 1.65 bits per heavy atom. The molecule has 8 heteroatoms. The predicted octanol–water partition coefficient (Wildman–Crippen LogP) is 1.77. The molecule has 0 aromatic rings. The smallest absolute Gasteiger partial charge is 0.425 e. The normalized spacial score (nSPS) is 14.1. The van der Waals surface area contributed by atoms with Crippen LogP contribution in [0.5, 0.6) is 0 Å². The van der Waals surface area contributed by atoms with Gasteiger partial charge in [-0.1, -0.05) is 0 Å². The van der Waals surface area contributed by atoms with Crippen LogP contribution in [0.4, 0.5) is 17.6 Å². The van der Waals surface area contributed by atoms with Crippen molar-refractivity contribution in [2.75, 3.05) is 6.67 Å². The van der Waals surface area contributed by atoms with E-state index in [2.05, 4.69) is 9.47 Å². The molecule has 0 radical (unpaired) electrons. The van der Waals surface area contributed by atoms with Gasteiger partial charge in [-0.3, -0.25) is 0 Å². The third-order valence-electron chi connectivity index (χ3n) is 1.60. The van der Waals surface area contributed by atoms with E-state index in [1.807, 2.05) is 0 Å². The maximum absolute atomic E-state index is 12.2. The molecule has 0 aliphatic carbocycles. The number of ether oxygens (including phenoxy) is 2. The standard InChI is InChI=1S/C9H12F4O4/c1-5(9(11,12)13)16-6(14)7(15)17-8(2,3)4-10/h5H,4H2,1-3H3. The zero-order valence-electron chi connectivity index (χ0n) is 9.43. The number of alkyl halides is 4. The fourth-order valence-electron chi connectivity index (χ4n) is 0.595. The van der Waals surface area contributed by atoms with E-state index in [1.54, 1.807) is 0 Å². The van der Waals surface area contributed by atoms with E-state index in [0.29, 0.717) is 6.92 Å². The third-order valence-corrected chi connectivity index (χ3v) is 1.60. The van der Waals surface area contributed by atoms with Crippen molar-refractivity contribution >= 4 is 11.9 Å². The zero-order chi connectivity index (χ0) is 13.9. The number of carbonyl (C=O) groups excluding carboxylic acids is 2. The van der Waals surface area contributed by atoms with Gasteiger partial charge in [0.15, 0.2) is 6.10 Å². The highest BCUT2D eigenvalue weighted by Gasteiger charge is 2.41. The summed E-state index contributed by atoms with van der Waals surface area (Å²) in [4.78, 5) is 21.8. The fraction of sp³-hybridized carbons (Fsp3) is 0.778. The van der Waals surface area contributed by atoms with Crippen LogP contribution in [-0.4, -0.2) is 36.5 Å². The molecule has 1 atom stereocenters. The van der Waals surface area contributed by atoms with Gasteiger partial charge in [0.05, 0.1) is 0 Å². The van der Waals surface area contributed by atoms with Crippen molar-refractivity contribution in [3.8, 4) is 0 Å². The molecule has 0 N–H and O–H groups in total. The van der Waals surface area contributed by atoms with Crippen molar-refractivity contribution in [2.24, 2.45) is 0 Å². The van der Waals surface area contributed by atoms with Gasteiger partial charge in [0.25, 0.3) is 0 Å². The van der Waals surface area contributed by atoms with Crippen LogP contribution in [0.25, 0.3) is 0 Å². The third kappa shape index (κ3) is 5.50. The quantitative estimate of drug-likeness (QED) is 0.441. The molecular weight excluding hydrogens is 248 g/mol. The van der Waals surface area contributed by atoms with Gasteiger partial charge in [0.2, 0.25) is 0 Å². The van der Waals surface area contributed by atoms with Gasteiger partial charge in [-0.25, -0.2) is 14.0 Å². The van der Waals surface area contributed by atoms with Gasteiger partial charge in [-0.2, -0.15) is 13.2 Å². The minimum atomic E-state index is -4.77. The SMILES string of the molecule is CC(OC(=O)C(=O)OC(C)(C)CF)C(F)(F)F. The van der Waals surface area contributed by atoms with Gasteiger partial charge in [0.1, 0.15) is 12.3 Å². The summed E-state index contributed by atoms with van der Waals surface area (Å²) in [6.45, 7) is 1.79. The first-order valence-electron chi connectivity index (χ1n) is 4.56. The number of hydrogen-bond donors (Lipinski definition) is 0. The molecule has 0 saturated heterocycles. The highest BCUT2D eigenvalue weighted by molar-refractivity contribution is 6.29. The molecule has 0 rings (SSSR count). The lowest BCUT2D eigenvalue weighted by atomic mass is 10.2. The lowest BCUT2D eigenvalue weighted by Crippen LogP contribution is -2.38. The molecule has 1 unspecified atom stereocenters. The van der Waals surface area contributed by atoms with Crippen molar-refractivity contribution in [3.05, 3.63) is 0 Å². The Labute approximate surface area is 94.9 Å². The van der Waals surface area contributed by atoms with Crippen molar-refractivity contribution < 1.29 is 36.6 Å². The molecule has 0 aliphatic heterocycles. The van der Waals surface area contributed by atoms with E-state index < -0.39 is 36.5 Å². The lowest BCUT2D eigenvalue weighted by Gasteiger charge is -2.21. The predicted molar refractivity (Wildman–Crippen MR) is 47.8 cm³/mol. The molecule has 0 aromatic carbocycles. The maximum Gasteiger partial charge on any atom is 0.425 e. The second kappa shape index (κ2) is 5.33. The van der Waals surface area contributed by atoms with Crippen LogP contribution in [0.1, 0.15) is 20.8 Å². The Balaban J connectivity index is 4.40. The molecule has 0 bridgehead atoms. The average Bonchev–Trinajstić information content (AvgIpc) is 2.15. The van der Waals surface area contributed by atoms with E-state index in [0.717, 1.165) is 13.8 Å². The molecular formula is C9H12F4O4. The van der Waals surface area contributed by atoms with Crippen LogP contribution >= 0.6 is 0 Å². The molecule has 0 aromatic heterocycles. The van der Waals surface area contributed by atoms with Crippen molar-refractivity contribution in [1.29, 1.82) is 0 Å². The van der Waals surface area contributed by atoms with Crippen LogP contribution < -0.4 is 0 Å². The molecule has 0 aliphatic rings. The van der Waals surface area contributed by atoms with Gasteiger partial charge >= 0.3 is 18.1 Å². The monoisotopic (exact) mass is 260 g/mol. The van der Waals surface area contributed by atoms with Crippen LogP contribution in [0, 0.1) is 0 Å². The van der Waals surface area contributed by atoms with E-state index in [9.17, 15) is 27.2 Å². The summed E-state index contributed by atoms with van der Waals surface area (Å²) in [5.41, 5.74) is -1.59. The second-order valence-electron chi connectivity index (χ2n) is 3.87.